The van der Waals surface area contributed by atoms with Crippen molar-refractivity contribution in [2.24, 2.45) is 0 Å². The molecule has 0 radical (unpaired) electrons. The summed E-state index contributed by atoms with van der Waals surface area (Å²) in [5, 5.41) is 3.25. The van der Waals surface area contributed by atoms with Crippen LogP contribution in [0.2, 0.25) is 0 Å². The normalized spacial score (nSPS) is 12.8. The van der Waals surface area contributed by atoms with Crippen LogP contribution < -0.4 is 14.8 Å². The number of hydrogen-bond acceptors (Lipinski definition) is 4. The number of ether oxygens (including phenoxy) is 2. The van der Waals surface area contributed by atoms with Crippen molar-refractivity contribution in [3.8, 4) is 11.5 Å². The van der Waals surface area contributed by atoms with E-state index in [0.29, 0.717) is 13.3 Å². The third kappa shape index (κ3) is 2.24. The molecule has 0 saturated carbocycles. The molecule has 88 valence electrons. The van der Waals surface area contributed by atoms with E-state index in [0.717, 1.165) is 27.6 Å². The largest absolute Gasteiger partial charge is 0.454 e. The van der Waals surface area contributed by atoms with Gasteiger partial charge < -0.3 is 19.2 Å². The van der Waals surface area contributed by atoms with Crippen LogP contribution in [0.1, 0.15) is 5.76 Å². The lowest BCUT2D eigenvalue weighted by Crippen LogP contribution is -1.97. The second kappa shape index (κ2) is 4.33. The monoisotopic (exact) mass is 295 g/mol. The molecule has 0 amide bonds. The highest BCUT2D eigenvalue weighted by atomic mass is 79.9. The van der Waals surface area contributed by atoms with Crippen molar-refractivity contribution < 1.29 is 13.9 Å². The SMILES string of the molecule is Brc1ccc(CNc2ccc3c(c2)OCO3)o1. The number of hydrogen-bond donors (Lipinski definition) is 1. The zero-order chi connectivity index (χ0) is 11.7. The summed E-state index contributed by atoms with van der Waals surface area (Å²) in [4.78, 5) is 0. The van der Waals surface area contributed by atoms with E-state index in [1.54, 1.807) is 0 Å². The maximum atomic E-state index is 5.40. The van der Waals surface area contributed by atoms with Crippen molar-refractivity contribution in [1.82, 2.24) is 0 Å². The molecule has 2 aromatic rings. The number of benzene rings is 1. The highest BCUT2D eigenvalue weighted by Gasteiger charge is 2.13. The molecule has 2 heterocycles. The van der Waals surface area contributed by atoms with Crippen molar-refractivity contribution in [2.75, 3.05) is 12.1 Å². The molecule has 1 aromatic heterocycles. The number of fused-ring (bicyclic) bond motifs is 1. The summed E-state index contributed by atoms with van der Waals surface area (Å²) in [7, 11) is 0. The molecule has 0 bridgehead atoms. The van der Waals surface area contributed by atoms with Crippen LogP contribution in [0.15, 0.2) is 39.4 Å². The van der Waals surface area contributed by atoms with Gasteiger partial charge in [0.1, 0.15) is 5.76 Å². The highest BCUT2D eigenvalue weighted by Crippen LogP contribution is 2.34. The van der Waals surface area contributed by atoms with Crippen LogP contribution in [0.5, 0.6) is 11.5 Å². The first-order chi connectivity index (χ1) is 8.31. The maximum absolute atomic E-state index is 5.40. The Morgan fingerprint density at radius 1 is 1.12 bits per heavy atom. The van der Waals surface area contributed by atoms with Gasteiger partial charge in [-0.15, -0.1) is 0 Å². The fourth-order valence-corrected chi connectivity index (χ4v) is 1.98. The summed E-state index contributed by atoms with van der Waals surface area (Å²) in [6.45, 7) is 0.926. The molecule has 1 aliphatic rings. The quantitative estimate of drug-likeness (QED) is 0.943. The zero-order valence-corrected chi connectivity index (χ0v) is 10.5. The first kappa shape index (κ1) is 10.5. The minimum absolute atomic E-state index is 0.296. The van der Waals surface area contributed by atoms with Crippen LogP contribution in [0, 0.1) is 0 Å². The summed E-state index contributed by atoms with van der Waals surface area (Å²) in [5.74, 6) is 2.43. The Morgan fingerprint density at radius 3 is 2.82 bits per heavy atom. The van der Waals surface area contributed by atoms with E-state index in [-0.39, 0.29) is 0 Å². The molecule has 0 unspecified atom stereocenters. The molecule has 0 fully saturated rings. The fourth-order valence-electron chi connectivity index (χ4n) is 1.64. The Labute approximate surface area is 107 Å². The fraction of sp³-hybridized carbons (Fsp3) is 0.167. The van der Waals surface area contributed by atoms with Crippen LogP contribution in [-0.2, 0) is 6.54 Å². The Hall–Kier alpha value is -1.62. The predicted molar refractivity (Wildman–Crippen MR) is 66.3 cm³/mol. The minimum atomic E-state index is 0.296. The maximum Gasteiger partial charge on any atom is 0.231 e. The summed E-state index contributed by atoms with van der Waals surface area (Å²) >= 11 is 3.27. The van der Waals surface area contributed by atoms with Crippen LogP contribution >= 0.6 is 15.9 Å². The summed E-state index contributed by atoms with van der Waals surface area (Å²) in [6, 6.07) is 9.55. The van der Waals surface area contributed by atoms with Crippen LogP contribution in [0.3, 0.4) is 0 Å². The topological polar surface area (TPSA) is 43.6 Å². The average molecular weight is 296 g/mol. The second-order valence-electron chi connectivity index (χ2n) is 3.63. The molecule has 3 rings (SSSR count). The van der Waals surface area contributed by atoms with E-state index in [2.05, 4.69) is 21.2 Å². The van der Waals surface area contributed by atoms with Gasteiger partial charge in [0.25, 0.3) is 0 Å². The average Bonchev–Trinajstić information content (AvgIpc) is 2.94. The van der Waals surface area contributed by atoms with Gasteiger partial charge in [-0.05, 0) is 40.2 Å². The standard InChI is InChI=1S/C12H10BrNO3/c13-12-4-2-9(17-12)6-14-8-1-3-10-11(5-8)16-7-15-10/h1-5,14H,6-7H2. The van der Waals surface area contributed by atoms with Crippen molar-refractivity contribution in [3.63, 3.8) is 0 Å². The first-order valence-electron chi connectivity index (χ1n) is 5.19. The van der Waals surface area contributed by atoms with Crippen LogP contribution in [0.4, 0.5) is 5.69 Å². The summed E-state index contributed by atoms with van der Waals surface area (Å²) in [6.07, 6.45) is 0. The van der Waals surface area contributed by atoms with Gasteiger partial charge in [0, 0.05) is 11.8 Å². The van der Waals surface area contributed by atoms with E-state index in [9.17, 15) is 0 Å². The lowest BCUT2D eigenvalue weighted by molar-refractivity contribution is 0.174. The van der Waals surface area contributed by atoms with Gasteiger partial charge in [-0.1, -0.05) is 0 Å². The molecule has 1 aliphatic heterocycles. The Bertz CT molecular complexity index is 538. The van der Waals surface area contributed by atoms with Crippen molar-refractivity contribution in [1.29, 1.82) is 0 Å². The van der Waals surface area contributed by atoms with Crippen molar-refractivity contribution >= 4 is 21.6 Å². The van der Waals surface area contributed by atoms with Gasteiger partial charge in [0.15, 0.2) is 16.2 Å². The molecule has 0 atom stereocenters. The van der Waals surface area contributed by atoms with Gasteiger partial charge in [-0.3, -0.25) is 0 Å². The van der Waals surface area contributed by atoms with Gasteiger partial charge in [0.2, 0.25) is 6.79 Å². The lowest BCUT2D eigenvalue weighted by Gasteiger charge is -2.05. The second-order valence-corrected chi connectivity index (χ2v) is 4.41. The first-order valence-corrected chi connectivity index (χ1v) is 5.98. The van der Waals surface area contributed by atoms with Crippen molar-refractivity contribution in [2.45, 2.75) is 6.54 Å². The molecule has 5 heteroatoms. The minimum Gasteiger partial charge on any atom is -0.454 e. The van der Waals surface area contributed by atoms with Gasteiger partial charge in [0.05, 0.1) is 6.54 Å². The smallest absolute Gasteiger partial charge is 0.231 e. The molecule has 0 saturated heterocycles. The molecule has 0 aliphatic carbocycles. The van der Waals surface area contributed by atoms with Crippen LogP contribution in [0.25, 0.3) is 0 Å². The molecule has 4 nitrogen and oxygen atoms in total. The molecular formula is C12H10BrNO3. The lowest BCUT2D eigenvalue weighted by atomic mass is 10.2. The molecule has 17 heavy (non-hydrogen) atoms. The number of furan rings is 1. The van der Waals surface area contributed by atoms with E-state index in [4.69, 9.17) is 13.9 Å². The van der Waals surface area contributed by atoms with E-state index < -0.39 is 0 Å². The third-order valence-corrected chi connectivity index (χ3v) is 2.89. The summed E-state index contributed by atoms with van der Waals surface area (Å²) in [5.41, 5.74) is 0.974. The van der Waals surface area contributed by atoms with E-state index in [1.807, 2.05) is 30.3 Å². The Kier molecular flexibility index (Phi) is 2.68. The van der Waals surface area contributed by atoms with Gasteiger partial charge >= 0.3 is 0 Å². The summed E-state index contributed by atoms with van der Waals surface area (Å²) < 4.78 is 16.7. The Morgan fingerprint density at radius 2 is 2.00 bits per heavy atom. The number of rotatable bonds is 3. The highest BCUT2D eigenvalue weighted by molar-refractivity contribution is 9.10. The van der Waals surface area contributed by atoms with Crippen LogP contribution in [-0.4, -0.2) is 6.79 Å². The Balaban J connectivity index is 1.69. The third-order valence-electron chi connectivity index (χ3n) is 2.47. The molecular weight excluding hydrogens is 286 g/mol. The molecule has 1 aromatic carbocycles. The zero-order valence-electron chi connectivity index (χ0n) is 8.90. The van der Waals surface area contributed by atoms with E-state index >= 15 is 0 Å². The molecule has 1 N–H and O–H groups in total. The number of halogens is 1. The predicted octanol–water partition coefficient (Wildman–Crippen LogP) is 3.38. The number of nitrogens with one attached hydrogen (secondary N) is 1. The number of anilines is 1. The van der Waals surface area contributed by atoms with Gasteiger partial charge in [-0.25, -0.2) is 0 Å². The molecule has 0 spiro atoms. The van der Waals surface area contributed by atoms with E-state index in [1.165, 1.54) is 0 Å². The van der Waals surface area contributed by atoms with Gasteiger partial charge in [-0.2, -0.15) is 0 Å². The van der Waals surface area contributed by atoms with Crippen molar-refractivity contribution in [3.05, 3.63) is 40.8 Å².